The van der Waals surface area contributed by atoms with Crippen molar-refractivity contribution in [2.45, 2.75) is 26.4 Å². The van der Waals surface area contributed by atoms with E-state index in [1.807, 2.05) is 24.7 Å². The van der Waals surface area contributed by atoms with E-state index in [0.29, 0.717) is 0 Å². The molecule has 102 valence electrons. The summed E-state index contributed by atoms with van der Waals surface area (Å²) in [6.45, 7) is 4.88. The van der Waals surface area contributed by atoms with Gasteiger partial charge in [0.1, 0.15) is 5.69 Å². The molecule has 0 radical (unpaired) electrons. The predicted molar refractivity (Wildman–Crippen MR) is 74.3 cm³/mol. The largest absolute Gasteiger partial charge is 0.493 e. The van der Waals surface area contributed by atoms with Crippen molar-refractivity contribution in [3.8, 4) is 5.75 Å². The smallest absolute Gasteiger partial charge is 0.161 e. The molecule has 19 heavy (non-hydrogen) atoms. The zero-order chi connectivity index (χ0) is 13.8. The number of pyridine rings is 1. The highest BCUT2D eigenvalue weighted by Crippen LogP contribution is 2.30. The number of rotatable bonds is 5. The Balaban J connectivity index is 2.54. The molecule has 1 N–H and O–H groups in total. The van der Waals surface area contributed by atoms with Gasteiger partial charge in [0.05, 0.1) is 19.3 Å². The predicted octanol–water partition coefficient (Wildman–Crippen LogP) is 1.92. The molecule has 0 aliphatic rings. The second kappa shape index (κ2) is 5.84. The van der Waals surface area contributed by atoms with Gasteiger partial charge in [-0.05, 0) is 32.5 Å². The van der Waals surface area contributed by atoms with Gasteiger partial charge in [-0.3, -0.25) is 9.67 Å². The van der Waals surface area contributed by atoms with Crippen molar-refractivity contribution >= 4 is 0 Å². The van der Waals surface area contributed by atoms with Crippen LogP contribution in [0.2, 0.25) is 0 Å². The summed E-state index contributed by atoms with van der Waals surface area (Å²) in [5.41, 5.74) is 3.18. The molecule has 2 rings (SSSR count). The maximum atomic E-state index is 5.43. The molecule has 0 saturated heterocycles. The van der Waals surface area contributed by atoms with Gasteiger partial charge >= 0.3 is 0 Å². The highest BCUT2D eigenvalue weighted by Gasteiger charge is 2.23. The van der Waals surface area contributed by atoms with Crippen LogP contribution in [0.25, 0.3) is 0 Å². The molecular formula is C14H20N4O. The van der Waals surface area contributed by atoms with Crippen LogP contribution in [0, 0.1) is 6.92 Å². The van der Waals surface area contributed by atoms with Crippen molar-refractivity contribution in [1.82, 2.24) is 20.1 Å². The number of nitrogens with zero attached hydrogens (tertiary/aromatic N) is 3. The molecule has 1 atom stereocenters. The van der Waals surface area contributed by atoms with E-state index < -0.39 is 0 Å². The standard InChI is InChI=1S/C14H20N4O/c1-5-18-14(12(19-4)9-17-18)13(15-3)11-7-6-8-16-10(11)2/h6-9,13,15H,5H2,1-4H3. The van der Waals surface area contributed by atoms with Gasteiger partial charge in [-0.25, -0.2) is 0 Å². The first-order valence-corrected chi connectivity index (χ1v) is 6.41. The van der Waals surface area contributed by atoms with Crippen molar-refractivity contribution in [1.29, 1.82) is 0 Å². The summed E-state index contributed by atoms with van der Waals surface area (Å²) in [6.07, 6.45) is 3.56. The van der Waals surface area contributed by atoms with Gasteiger partial charge in [-0.15, -0.1) is 0 Å². The third-order valence-electron chi connectivity index (χ3n) is 3.29. The van der Waals surface area contributed by atoms with E-state index in [2.05, 4.69) is 28.4 Å². The molecule has 0 saturated carbocycles. The molecule has 0 aliphatic heterocycles. The third kappa shape index (κ3) is 2.46. The lowest BCUT2D eigenvalue weighted by molar-refractivity contribution is 0.401. The Kier molecular flexibility index (Phi) is 4.16. The van der Waals surface area contributed by atoms with Crippen molar-refractivity contribution in [3.63, 3.8) is 0 Å². The highest BCUT2D eigenvalue weighted by atomic mass is 16.5. The van der Waals surface area contributed by atoms with E-state index in [9.17, 15) is 0 Å². The van der Waals surface area contributed by atoms with Crippen LogP contribution in [0.4, 0.5) is 0 Å². The van der Waals surface area contributed by atoms with Crippen LogP contribution in [-0.2, 0) is 6.54 Å². The molecular weight excluding hydrogens is 240 g/mol. The topological polar surface area (TPSA) is 52.0 Å². The first-order valence-electron chi connectivity index (χ1n) is 6.41. The van der Waals surface area contributed by atoms with Gasteiger partial charge in [-0.1, -0.05) is 6.07 Å². The second-order valence-corrected chi connectivity index (χ2v) is 4.31. The van der Waals surface area contributed by atoms with E-state index >= 15 is 0 Å². The molecule has 2 heterocycles. The first kappa shape index (κ1) is 13.5. The molecule has 1 unspecified atom stereocenters. The summed E-state index contributed by atoms with van der Waals surface area (Å²) in [4.78, 5) is 4.36. The van der Waals surface area contributed by atoms with Gasteiger partial charge in [-0.2, -0.15) is 5.10 Å². The molecule has 5 heteroatoms. The maximum absolute atomic E-state index is 5.43. The monoisotopic (exact) mass is 260 g/mol. The number of aromatic nitrogens is 3. The van der Waals surface area contributed by atoms with Crippen LogP contribution in [-0.4, -0.2) is 28.9 Å². The Morgan fingerprint density at radius 3 is 2.84 bits per heavy atom. The van der Waals surface area contributed by atoms with E-state index in [0.717, 1.165) is 29.2 Å². The molecule has 0 aliphatic carbocycles. The summed E-state index contributed by atoms with van der Waals surface area (Å²) in [6, 6.07) is 4.05. The molecule has 5 nitrogen and oxygen atoms in total. The number of aryl methyl sites for hydroxylation is 2. The fourth-order valence-electron chi connectivity index (χ4n) is 2.32. The van der Waals surface area contributed by atoms with Gasteiger partial charge in [0.15, 0.2) is 5.75 Å². The highest BCUT2D eigenvalue weighted by molar-refractivity contribution is 5.37. The Hall–Kier alpha value is -1.88. The van der Waals surface area contributed by atoms with Crippen LogP contribution in [0.5, 0.6) is 5.75 Å². The number of methoxy groups -OCH3 is 1. The molecule has 0 spiro atoms. The normalized spacial score (nSPS) is 12.4. The van der Waals surface area contributed by atoms with Gasteiger partial charge < -0.3 is 10.1 Å². The number of ether oxygens (including phenoxy) is 1. The van der Waals surface area contributed by atoms with E-state index in [1.165, 1.54) is 0 Å². The van der Waals surface area contributed by atoms with Crippen molar-refractivity contribution < 1.29 is 4.74 Å². The summed E-state index contributed by atoms with van der Waals surface area (Å²) < 4.78 is 7.38. The molecule has 2 aromatic rings. The van der Waals surface area contributed by atoms with Crippen molar-refractivity contribution in [3.05, 3.63) is 41.5 Å². The van der Waals surface area contributed by atoms with E-state index in [1.54, 1.807) is 19.5 Å². The Morgan fingerprint density at radius 2 is 2.26 bits per heavy atom. The minimum atomic E-state index is 0.0195. The van der Waals surface area contributed by atoms with E-state index in [-0.39, 0.29) is 6.04 Å². The summed E-state index contributed by atoms with van der Waals surface area (Å²) in [7, 11) is 3.60. The van der Waals surface area contributed by atoms with Crippen molar-refractivity contribution in [2.75, 3.05) is 14.2 Å². The summed E-state index contributed by atoms with van der Waals surface area (Å²) in [5, 5.41) is 7.69. The second-order valence-electron chi connectivity index (χ2n) is 4.31. The van der Waals surface area contributed by atoms with Crippen LogP contribution in [0.1, 0.15) is 29.9 Å². The average Bonchev–Trinajstić information content (AvgIpc) is 2.85. The lowest BCUT2D eigenvalue weighted by atomic mass is 10.0. The minimum absolute atomic E-state index is 0.0195. The molecule has 2 aromatic heterocycles. The third-order valence-corrected chi connectivity index (χ3v) is 3.29. The summed E-state index contributed by atoms with van der Waals surface area (Å²) >= 11 is 0. The van der Waals surface area contributed by atoms with Gasteiger partial charge in [0, 0.05) is 18.4 Å². The number of hydrogen-bond acceptors (Lipinski definition) is 4. The molecule has 0 aromatic carbocycles. The van der Waals surface area contributed by atoms with Crippen LogP contribution in [0.15, 0.2) is 24.5 Å². The van der Waals surface area contributed by atoms with Crippen LogP contribution in [0.3, 0.4) is 0 Å². The fourth-order valence-corrected chi connectivity index (χ4v) is 2.32. The zero-order valence-corrected chi connectivity index (χ0v) is 11.8. The first-order chi connectivity index (χ1) is 9.22. The average molecular weight is 260 g/mol. The maximum Gasteiger partial charge on any atom is 0.161 e. The fraction of sp³-hybridized carbons (Fsp3) is 0.429. The Bertz CT molecular complexity index is 529. The van der Waals surface area contributed by atoms with Crippen LogP contribution < -0.4 is 10.1 Å². The molecule has 0 bridgehead atoms. The van der Waals surface area contributed by atoms with Crippen LogP contribution >= 0.6 is 0 Å². The molecule has 0 amide bonds. The zero-order valence-electron chi connectivity index (χ0n) is 11.8. The lowest BCUT2D eigenvalue weighted by Crippen LogP contribution is -2.23. The van der Waals surface area contributed by atoms with E-state index in [4.69, 9.17) is 4.74 Å². The van der Waals surface area contributed by atoms with Gasteiger partial charge in [0.2, 0.25) is 0 Å². The summed E-state index contributed by atoms with van der Waals surface area (Å²) in [5.74, 6) is 0.796. The number of hydrogen-bond donors (Lipinski definition) is 1. The lowest BCUT2D eigenvalue weighted by Gasteiger charge is -2.20. The van der Waals surface area contributed by atoms with Crippen molar-refractivity contribution in [2.24, 2.45) is 0 Å². The number of nitrogens with one attached hydrogen (secondary N) is 1. The quantitative estimate of drug-likeness (QED) is 0.892. The SMILES string of the molecule is CCn1ncc(OC)c1C(NC)c1cccnc1C. The molecule has 0 fully saturated rings. The van der Waals surface area contributed by atoms with Gasteiger partial charge in [0.25, 0.3) is 0 Å². The Labute approximate surface area is 113 Å². The minimum Gasteiger partial charge on any atom is -0.493 e. The Morgan fingerprint density at radius 1 is 1.47 bits per heavy atom.